The molecule has 0 aromatic heterocycles. The second-order valence-electron chi connectivity index (χ2n) is 5.85. The normalized spacial score (nSPS) is 18.1. The molecule has 1 aliphatic heterocycles. The summed E-state index contributed by atoms with van der Waals surface area (Å²) in [6, 6.07) is 12.1. The van der Waals surface area contributed by atoms with Crippen LogP contribution in [0, 0.1) is 5.92 Å². The van der Waals surface area contributed by atoms with Crippen LogP contribution in [0.2, 0.25) is 0 Å². The summed E-state index contributed by atoms with van der Waals surface area (Å²) >= 11 is 0. The molecule has 3 rings (SSSR count). The summed E-state index contributed by atoms with van der Waals surface area (Å²) in [7, 11) is 0. The zero-order valence-corrected chi connectivity index (χ0v) is 13.3. The Kier molecular flexibility index (Phi) is 4.44. The van der Waals surface area contributed by atoms with Crippen LogP contribution in [0.4, 0.5) is 0 Å². The Morgan fingerprint density at radius 1 is 1.14 bits per heavy atom. The molecule has 0 N–H and O–H groups in total. The molecule has 1 atom stereocenters. The lowest BCUT2D eigenvalue weighted by molar-refractivity contribution is 0.0877. The Hall–Kier alpha value is -1.87. The van der Waals surface area contributed by atoms with E-state index in [0.29, 0.717) is 6.61 Å². The SMILES string of the molecule is CCN(CC)CC1CCOc2c(ccc3ccccc23)C1=O. The van der Waals surface area contributed by atoms with E-state index in [1.165, 1.54) is 0 Å². The zero-order chi connectivity index (χ0) is 15.5. The monoisotopic (exact) mass is 297 g/mol. The topological polar surface area (TPSA) is 29.5 Å². The lowest BCUT2D eigenvalue weighted by Gasteiger charge is -2.23. The fourth-order valence-electron chi connectivity index (χ4n) is 3.21. The first-order chi connectivity index (χ1) is 10.7. The third kappa shape index (κ3) is 2.73. The zero-order valence-electron chi connectivity index (χ0n) is 13.3. The number of carbonyl (C=O) groups excluding carboxylic acids is 1. The van der Waals surface area contributed by atoms with Crippen LogP contribution in [0.3, 0.4) is 0 Å². The highest BCUT2D eigenvalue weighted by Crippen LogP contribution is 2.34. The number of Topliss-reactive ketones (excluding diaryl/α,β-unsaturated/α-hetero) is 1. The van der Waals surface area contributed by atoms with E-state index in [2.05, 4.69) is 24.8 Å². The molecule has 0 saturated carbocycles. The van der Waals surface area contributed by atoms with Crippen molar-refractivity contribution in [2.24, 2.45) is 5.92 Å². The van der Waals surface area contributed by atoms with Crippen LogP contribution >= 0.6 is 0 Å². The van der Waals surface area contributed by atoms with Crippen LogP contribution in [0.15, 0.2) is 36.4 Å². The average molecular weight is 297 g/mol. The highest BCUT2D eigenvalue weighted by atomic mass is 16.5. The Labute approximate surface area is 131 Å². The maximum absolute atomic E-state index is 12.9. The Morgan fingerprint density at radius 2 is 1.91 bits per heavy atom. The molecule has 0 fully saturated rings. The number of ketones is 1. The molecule has 0 aliphatic carbocycles. The predicted octanol–water partition coefficient (Wildman–Crippen LogP) is 3.76. The van der Waals surface area contributed by atoms with E-state index < -0.39 is 0 Å². The molecule has 3 heteroatoms. The summed E-state index contributed by atoms with van der Waals surface area (Å²) in [6.45, 7) is 7.67. The predicted molar refractivity (Wildman–Crippen MR) is 89.7 cm³/mol. The molecule has 1 heterocycles. The van der Waals surface area contributed by atoms with Crippen LogP contribution in [-0.2, 0) is 0 Å². The van der Waals surface area contributed by atoms with E-state index in [-0.39, 0.29) is 11.7 Å². The van der Waals surface area contributed by atoms with Crippen molar-refractivity contribution in [3.05, 3.63) is 42.0 Å². The van der Waals surface area contributed by atoms with Gasteiger partial charge in [0, 0.05) is 17.8 Å². The number of fused-ring (bicyclic) bond motifs is 3. The summed E-state index contributed by atoms with van der Waals surface area (Å²) < 4.78 is 5.97. The molecule has 2 aromatic carbocycles. The summed E-state index contributed by atoms with van der Waals surface area (Å²) in [4.78, 5) is 15.3. The smallest absolute Gasteiger partial charge is 0.171 e. The van der Waals surface area contributed by atoms with Crippen LogP contribution in [0.1, 0.15) is 30.6 Å². The van der Waals surface area contributed by atoms with Gasteiger partial charge in [0.05, 0.1) is 12.2 Å². The molecule has 116 valence electrons. The van der Waals surface area contributed by atoms with Crippen molar-refractivity contribution >= 4 is 16.6 Å². The lowest BCUT2D eigenvalue weighted by Crippen LogP contribution is -2.33. The number of hydrogen-bond acceptors (Lipinski definition) is 3. The van der Waals surface area contributed by atoms with Gasteiger partial charge >= 0.3 is 0 Å². The van der Waals surface area contributed by atoms with Crippen LogP contribution in [0.25, 0.3) is 10.8 Å². The van der Waals surface area contributed by atoms with Crippen LogP contribution < -0.4 is 4.74 Å². The Bertz CT molecular complexity index is 676. The number of benzene rings is 2. The largest absolute Gasteiger partial charge is 0.492 e. The summed E-state index contributed by atoms with van der Waals surface area (Å²) in [5.74, 6) is 1.03. The van der Waals surface area contributed by atoms with Gasteiger partial charge in [-0.1, -0.05) is 44.2 Å². The fraction of sp³-hybridized carbons (Fsp3) is 0.421. The molecule has 1 unspecified atom stereocenters. The number of ether oxygens (including phenoxy) is 1. The van der Waals surface area contributed by atoms with Crippen molar-refractivity contribution in [3.63, 3.8) is 0 Å². The third-order valence-corrected chi connectivity index (χ3v) is 4.60. The maximum Gasteiger partial charge on any atom is 0.171 e. The molecular formula is C19H23NO2. The summed E-state index contributed by atoms with van der Waals surface area (Å²) in [5, 5.41) is 2.16. The van der Waals surface area contributed by atoms with Crippen LogP contribution in [0.5, 0.6) is 5.75 Å². The molecule has 0 amide bonds. The molecule has 0 bridgehead atoms. The molecule has 0 saturated heterocycles. The summed E-state index contributed by atoms with van der Waals surface area (Å²) in [6.07, 6.45) is 0.790. The van der Waals surface area contributed by atoms with Gasteiger partial charge in [0.1, 0.15) is 5.75 Å². The van der Waals surface area contributed by atoms with Gasteiger partial charge in [0.25, 0.3) is 0 Å². The molecule has 3 nitrogen and oxygen atoms in total. The minimum Gasteiger partial charge on any atom is -0.492 e. The first kappa shape index (κ1) is 15.0. The quantitative estimate of drug-likeness (QED) is 0.860. The van der Waals surface area contributed by atoms with Gasteiger partial charge in [-0.2, -0.15) is 0 Å². The minimum absolute atomic E-state index is 0.0299. The number of rotatable bonds is 4. The van der Waals surface area contributed by atoms with Gasteiger partial charge in [-0.05, 0) is 31.0 Å². The van der Waals surface area contributed by atoms with Crippen molar-refractivity contribution < 1.29 is 9.53 Å². The standard InChI is InChI=1S/C19H23NO2/c1-3-20(4-2)13-15-11-12-22-19-16-8-6-5-7-14(16)9-10-17(19)18(15)21/h5-10,15H,3-4,11-13H2,1-2H3. The Morgan fingerprint density at radius 3 is 2.68 bits per heavy atom. The molecule has 22 heavy (non-hydrogen) atoms. The van der Waals surface area contributed by atoms with E-state index in [1.807, 2.05) is 30.3 Å². The summed E-state index contributed by atoms with van der Waals surface area (Å²) in [5.41, 5.74) is 0.744. The molecule has 0 radical (unpaired) electrons. The van der Waals surface area contributed by atoms with Gasteiger partial charge in [0.15, 0.2) is 5.78 Å². The van der Waals surface area contributed by atoms with Gasteiger partial charge < -0.3 is 9.64 Å². The van der Waals surface area contributed by atoms with E-state index in [0.717, 1.165) is 48.1 Å². The van der Waals surface area contributed by atoms with Gasteiger partial charge in [-0.3, -0.25) is 4.79 Å². The molecule has 1 aliphatic rings. The minimum atomic E-state index is 0.0299. The van der Waals surface area contributed by atoms with E-state index >= 15 is 0 Å². The number of hydrogen-bond donors (Lipinski definition) is 0. The molecule has 2 aromatic rings. The van der Waals surface area contributed by atoms with Gasteiger partial charge in [-0.25, -0.2) is 0 Å². The van der Waals surface area contributed by atoms with E-state index in [4.69, 9.17) is 4.74 Å². The van der Waals surface area contributed by atoms with Crippen molar-refractivity contribution in [2.75, 3.05) is 26.2 Å². The van der Waals surface area contributed by atoms with Crippen molar-refractivity contribution in [1.29, 1.82) is 0 Å². The highest BCUT2D eigenvalue weighted by molar-refractivity contribution is 6.06. The second kappa shape index (κ2) is 6.49. The maximum atomic E-state index is 12.9. The van der Waals surface area contributed by atoms with Crippen LogP contribution in [-0.4, -0.2) is 36.9 Å². The first-order valence-corrected chi connectivity index (χ1v) is 8.15. The molecular weight excluding hydrogens is 274 g/mol. The van der Waals surface area contributed by atoms with Crippen molar-refractivity contribution in [2.45, 2.75) is 20.3 Å². The van der Waals surface area contributed by atoms with Crippen molar-refractivity contribution in [3.8, 4) is 5.75 Å². The Balaban J connectivity index is 1.97. The number of nitrogens with zero attached hydrogens (tertiary/aromatic N) is 1. The first-order valence-electron chi connectivity index (χ1n) is 8.15. The lowest BCUT2D eigenvalue weighted by atomic mass is 9.93. The van der Waals surface area contributed by atoms with Gasteiger partial charge in [0.2, 0.25) is 0 Å². The fourth-order valence-corrected chi connectivity index (χ4v) is 3.21. The molecule has 0 spiro atoms. The highest BCUT2D eigenvalue weighted by Gasteiger charge is 2.28. The van der Waals surface area contributed by atoms with E-state index in [1.54, 1.807) is 0 Å². The van der Waals surface area contributed by atoms with Crippen molar-refractivity contribution in [1.82, 2.24) is 4.90 Å². The van der Waals surface area contributed by atoms with E-state index in [9.17, 15) is 4.79 Å². The average Bonchev–Trinajstić information content (AvgIpc) is 2.72. The third-order valence-electron chi connectivity index (χ3n) is 4.60. The second-order valence-corrected chi connectivity index (χ2v) is 5.85. The van der Waals surface area contributed by atoms with Gasteiger partial charge in [-0.15, -0.1) is 0 Å². The number of carbonyl (C=O) groups is 1.